The van der Waals surface area contributed by atoms with Gasteiger partial charge in [0.05, 0.1) is 0 Å². The number of rotatable bonds is 4. The summed E-state index contributed by atoms with van der Waals surface area (Å²) in [4.78, 5) is 17.4. The van der Waals surface area contributed by atoms with Gasteiger partial charge in [-0.3, -0.25) is 4.79 Å². The lowest BCUT2D eigenvalue weighted by molar-refractivity contribution is -0.128. The fourth-order valence-electron chi connectivity index (χ4n) is 4.65. The average Bonchev–Trinajstić information content (AvgIpc) is 3.06. The first-order valence-electron chi connectivity index (χ1n) is 9.63. The number of amides is 1. The second kappa shape index (κ2) is 8.80. The minimum absolute atomic E-state index is 0. The first-order chi connectivity index (χ1) is 13.0. The molecule has 3 atom stereocenters. The third kappa shape index (κ3) is 4.34. The Morgan fingerprint density at radius 2 is 1.89 bits per heavy atom. The number of benzene rings is 1. The van der Waals surface area contributed by atoms with Gasteiger partial charge in [0.2, 0.25) is 11.8 Å². The minimum Gasteiger partial charge on any atom is -0.342 e. The first kappa shape index (κ1) is 21.1. The number of halogens is 2. The fraction of sp³-hybridized carbons (Fsp3) is 0.550. The molecule has 1 amide bonds. The van der Waals surface area contributed by atoms with E-state index in [0.717, 1.165) is 31.2 Å². The highest BCUT2D eigenvalue weighted by molar-refractivity contribution is 6.30. The maximum Gasteiger partial charge on any atom is 0.223 e. The molecule has 0 aliphatic heterocycles. The van der Waals surface area contributed by atoms with Crippen LogP contribution in [0.1, 0.15) is 55.4 Å². The van der Waals surface area contributed by atoms with E-state index in [9.17, 15) is 4.79 Å². The number of carbonyl (C=O) groups excluding carboxylic acids is 1. The molecule has 2 saturated carbocycles. The highest BCUT2D eigenvalue weighted by Gasteiger charge is 2.41. The van der Waals surface area contributed by atoms with E-state index in [0.29, 0.717) is 28.6 Å². The SMILES string of the molecule is Cc1nc(C(NC(=O)C2CC3CCCC(C2)C3N)c2ccc(Cl)cc2)no1.Cl. The topological polar surface area (TPSA) is 94.0 Å². The molecule has 1 aromatic heterocycles. The zero-order valence-corrected chi connectivity index (χ0v) is 17.4. The summed E-state index contributed by atoms with van der Waals surface area (Å²) in [5, 5.41) is 7.82. The quantitative estimate of drug-likeness (QED) is 0.777. The fourth-order valence-corrected chi connectivity index (χ4v) is 4.77. The maximum atomic E-state index is 13.1. The number of nitrogens with zero attached hydrogens (tertiary/aromatic N) is 2. The Balaban J connectivity index is 0.00000225. The molecule has 3 unspecified atom stereocenters. The van der Waals surface area contributed by atoms with E-state index < -0.39 is 6.04 Å². The predicted octanol–water partition coefficient (Wildman–Crippen LogP) is 3.81. The largest absolute Gasteiger partial charge is 0.342 e. The Hall–Kier alpha value is -1.63. The van der Waals surface area contributed by atoms with Crippen molar-refractivity contribution < 1.29 is 9.32 Å². The first-order valence-corrected chi connectivity index (χ1v) is 10.0. The molecular weight excluding hydrogens is 399 g/mol. The molecule has 1 aromatic carbocycles. The molecule has 2 aromatic rings. The van der Waals surface area contributed by atoms with Crippen molar-refractivity contribution in [2.75, 3.05) is 0 Å². The summed E-state index contributed by atoms with van der Waals surface area (Å²) in [5.74, 6) is 1.86. The van der Waals surface area contributed by atoms with E-state index in [1.807, 2.05) is 12.1 Å². The van der Waals surface area contributed by atoms with Crippen LogP contribution in [-0.4, -0.2) is 22.1 Å². The smallest absolute Gasteiger partial charge is 0.223 e. The van der Waals surface area contributed by atoms with Gasteiger partial charge >= 0.3 is 0 Å². The Labute approximate surface area is 176 Å². The molecule has 2 aliphatic rings. The number of hydrogen-bond acceptors (Lipinski definition) is 5. The summed E-state index contributed by atoms with van der Waals surface area (Å²) >= 11 is 6.01. The monoisotopic (exact) mass is 424 g/mol. The van der Waals surface area contributed by atoms with E-state index in [1.165, 1.54) is 6.42 Å². The van der Waals surface area contributed by atoms with Crippen LogP contribution in [0.2, 0.25) is 5.02 Å². The molecule has 6 nitrogen and oxygen atoms in total. The summed E-state index contributed by atoms with van der Waals surface area (Å²) in [6.07, 6.45) is 5.22. The van der Waals surface area contributed by atoms with Crippen LogP contribution < -0.4 is 11.1 Å². The highest BCUT2D eigenvalue weighted by Crippen LogP contribution is 2.42. The van der Waals surface area contributed by atoms with Crippen molar-refractivity contribution in [1.29, 1.82) is 0 Å². The highest BCUT2D eigenvalue weighted by atomic mass is 35.5. The van der Waals surface area contributed by atoms with Crippen LogP contribution in [0.4, 0.5) is 0 Å². The van der Waals surface area contributed by atoms with E-state index in [2.05, 4.69) is 15.5 Å². The number of nitrogens with one attached hydrogen (secondary N) is 1. The van der Waals surface area contributed by atoms with E-state index in [4.69, 9.17) is 21.9 Å². The molecule has 1 heterocycles. The van der Waals surface area contributed by atoms with Crippen molar-refractivity contribution in [2.24, 2.45) is 23.5 Å². The van der Waals surface area contributed by atoms with Crippen LogP contribution in [0.15, 0.2) is 28.8 Å². The number of nitrogens with two attached hydrogens (primary N) is 1. The summed E-state index contributed by atoms with van der Waals surface area (Å²) in [7, 11) is 0. The van der Waals surface area contributed by atoms with Gasteiger partial charge in [-0.25, -0.2) is 0 Å². The molecule has 0 spiro atoms. The van der Waals surface area contributed by atoms with E-state index in [-0.39, 0.29) is 30.3 Å². The Bertz CT molecular complexity index is 797. The molecule has 8 heteroatoms. The van der Waals surface area contributed by atoms with Crippen molar-refractivity contribution in [3.05, 3.63) is 46.6 Å². The molecule has 2 fully saturated rings. The van der Waals surface area contributed by atoms with Crippen LogP contribution in [0.5, 0.6) is 0 Å². The Morgan fingerprint density at radius 3 is 2.46 bits per heavy atom. The van der Waals surface area contributed by atoms with Gasteiger partial charge in [0.25, 0.3) is 0 Å². The summed E-state index contributed by atoms with van der Waals surface area (Å²) in [6.45, 7) is 1.74. The number of aromatic nitrogens is 2. The second-order valence-corrected chi connectivity index (χ2v) is 8.30. The molecule has 0 radical (unpaired) electrons. The Kier molecular flexibility index (Phi) is 6.63. The van der Waals surface area contributed by atoms with Gasteiger partial charge in [0.1, 0.15) is 6.04 Å². The molecule has 152 valence electrons. The van der Waals surface area contributed by atoms with Gasteiger partial charge in [-0.15, -0.1) is 12.4 Å². The van der Waals surface area contributed by atoms with Crippen LogP contribution >= 0.6 is 24.0 Å². The number of hydrogen-bond donors (Lipinski definition) is 2. The number of fused-ring (bicyclic) bond motifs is 2. The van der Waals surface area contributed by atoms with Gasteiger partial charge in [-0.1, -0.05) is 35.3 Å². The van der Waals surface area contributed by atoms with Gasteiger partial charge in [0.15, 0.2) is 5.82 Å². The van der Waals surface area contributed by atoms with Crippen LogP contribution in [0.25, 0.3) is 0 Å². The van der Waals surface area contributed by atoms with Crippen molar-refractivity contribution in [3.8, 4) is 0 Å². The average molecular weight is 425 g/mol. The van der Waals surface area contributed by atoms with Crippen LogP contribution in [0, 0.1) is 24.7 Å². The predicted molar refractivity (Wildman–Crippen MR) is 109 cm³/mol. The summed E-state index contributed by atoms with van der Waals surface area (Å²) < 4.78 is 5.14. The van der Waals surface area contributed by atoms with Crippen molar-refractivity contribution in [2.45, 2.75) is 51.1 Å². The van der Waals surface area contributed by atoms with Crippen molar-refractivity contribution in [1.82, 2.24) is 15.5 Å². The van der Waals surface area contributed by atoms with Gasteiger partial charge < -0.3 is 15.6 Å². The number of aryl methyl sites for hydroxylation is 1. The van der Waals surface area contributed by atoms with E-state index >= 15 is 0 Å². The molecule has 2 aliphatic carbocycles. The molecule has 3 N–H and O–H groups in total. The van der Waals surface area contributed by atoms with Gasteiger partial charge in [0, 0.05) is 23.9 Å². The molecule has 4 rings (SSSR count). The second-order valence-electron chi connectivity index (χ2n) is 7.86. The third-order valence-corrected chi connectivity index (χ3v) is 6.33. The summed E-state index contributed by atoms with van der Waals surface area (Å²) in [5.41, 5.74) is 7.25. The Morgan fingerprint density at radius 1 is 1.25 bits per heavy atom. The normalized spacial score (nSPS) is 27.5. The zero-order chi connectivity index (χ0) is 19.0. The lowest BCUT2D eigenvalue weighted by Gasteiger charge is -2.43. The van der Waals surface area contributed by atoms with E-state index in [1.54, 1.807) is 19.1 Å². The number of carbonyl (C=O) groups is 1. The molecule has 2 bridgehead atoms. The van der Waals surface area contributed by atoms with Gasteiger partial charge in [-0.05, 0) is 55.2 Å². The zero-order valence-electron chi connectivity index (χ0n) is 15.8. The molecule has 28 heavy (non-hydrogen) atoms. The van der Waals surface area contributed by atoms with Crippen LogP contribution in [0.3, 0.4) is 0 Å². The molecule has 0 saturated heterocycles. The van der Waals surface area contributed by atoms with Crippen LogP contribution in [-0.2, 0) is 4.79 Å². The standard InChI is InChI=1S/C20H25ClN4O2.ClH/c1-11-23-19(25-27-11)18(12-5-7-16(21)8-6-12)24-20(26)15-9-13-3-2-4-14(10-15)17(13)22;/h5-8,13-15,17-18H,2-4,9-10,22H2,1H3,(H,24,26);1H. The van der Waals surface area contributed by atoms with Crippen molar-refractivity contribution >= 4 is 29.9 Å². The maximum absolute atomic E-state index is 13.1. The lowest BCUT2D eigenvalue weighted by Crippen LogP contribution is -2.49. The third-order valence-electron chi connectivity index (χ3n) is 6.08. The molecular formula is C20H26Cl2N4O2. The summed E-state index contributed by atoms with van der Waals surface area (Å²) in [6, 6.07) is 7.15. The van der Waals surface area contributed by atoms with Gasteiger partial charge in [-0.2, -0.15) is 4.98 Å². The van der Waals surface area contributed by atoms with Crippen molar-refractivity contribution in [3.63, 3.8) is 0 Å². The minimum atomic E-state index is -0.456. The lowest BCUT2D eigenvalue weighted by atomic mass is 9.65.